The van der Waals surface area contributed by atoms with Gasteiger partial charge in [-0.15, -0.1) is 0 Å². The summed E-state index contributed by atoms with van der Waals surface area (Å²) in [6, 6.07) is 13.8. The van der Waals surface area contributed by atoms with Crippen molar-refractivity contribution < 1.29 is 27.1 Å². The molecule has 4 rings (SSSR count). The summed E-state index contributed by atoms with van der Waals surface area (Å²) >= 11 is 0. The summed E-state index contributed by atoms with van der Waals surface area (Å²) in [6.07, 6.45) is 4.43. The molecule has 4 N–H and O–H groups in total. The molecule has 11 nitrogen and oxygen atoms in total. The third-order valence-corrected chi connectivity index (χ3v) is 7.49. The molecule has 0 spiro atoms. The quantitative estimate of drug-likeness (QED) is 0.286. The van der Waals surface area contributed by atoms with E-state index in [9.17, 15) is 22.4 Å². The first kappa shape index (κ1) is 31.7. The minimum Gasteiger partial charge on any atom is -0.439 e. The Kier molecular flexibility index (Phi) is 10.2. The van der Waals surface area contributed by atoms with Gasteiger partial charge in [0.05, 0.1) is 11.8 Å². The highest BCUT2D eigenvalue weighted by atomic mass is 32.2. The zero-order chi connectivity index (χ0) is 31.1. The van der Waals surface area contributed by atoms with Crippen LogP contribution < -0.4 is 20.5 Å². The fourth-order valence-electron chi connectivity index (χ4n) is 4.92. The lowest BCUT2D eigenvalue weighted by molar-refractivity contribution is 0.0996. The van der Waals surface area contributed by atoms with Crippen LogP contribution in [0.25, 0.3) is 0 Å². The average Bonchev–Trinajstić information content (AvgIpc) is 2.94. The summed E-state index contributed by atoms with van der Waals surface area (Å²) in [6.45, 7) is 6.94. The van der Waals surface area contributed by atoms with E-state index in [0.29, 0.717) is 36.1 Å². The number of primary amides is 1. The van der Waals surface area contributed by atoms with Crippen molar-refractivity contribution in [2.75, 3.05) is 35.9 Å². The molecular weight excluding hydrogens is 575 g/mol. The number of halogens is 1. The summed E-state index contributed by atoms with van der Waals surface area (Å²) in [5, 5.41) is 2.80. The van der Waals surface area contributed by atoms with E-state index in [4.69, 9.17) is 10.5 Å². The van der Waals surface area contributed by atoms with E-state index in [1.54, 1.807) is 36.5 Å². The number of nitrogens with two attached hydrogens (primary N) is 1. The molecule has 43 heavy (non-hydrogen) atoms. The van der Waals surface area contributed by atoms with Gasteiger partial charge in [0, 0.05) is 55.9 Å². The van der Waals surface area contributed by atoms with E-state index >= 15 is 0 Å². The van der Waals surface area contributed by atoms with Crippen molar-refractivity contribution in [3.8, 4) is 11.6 Å². The van der Waals surface area contributed by atoms with E-state index in [1.807, 2.05) is 24.8 Å². The number of rotatable bonds is 11. The molecule has 0 aliphatic carbocycles. The smallest absolute Gasteiger partial charge is 0.322 e. The van der Waals surface area contributed by atoms with Crippen LogP contribution in [-0.2, 0) is 16.6 Å². The largest absolute Gasteiger partial charge is 0.439 e. The van der Waals surface area contributed by atoms with Crippen molar-refractivity contribution >= 4 is 33.3 Å². The maximum absolute atomic E-state index is 13.9. The number of ether oxygens (including phenoxy) is 1. The Balaban J connectivity index is 1.30. The first-order valence-corrected chi connectivity index (χ1v) is 15.9. The van der Waals surface area contributed by atoms with Crippen LogP contribution >= 0.6 is 0 Å². The van der Waals surface area contributed by atoms with Crippen LogP contribution in [0.2, 0.25) is 0 Å². The number of sulfonamides is 1. The normalized spacial score (nSPS) is 14.3. The number of aromatic nitrogens is 1. The molecule has 3 amide bonds. The first-order valence-electron chi connectivity index (χ1n) is 14.0. The number of anilines is 2. The Morgan fingerprint density at radius 1 is 1.09 bits per heavy atom. The minimum atomic E-state index is -3.35. The lowest BCUT2D eigenvalue weighted by atomic mass is 10.0. The van der Waals surface area contributed by atoms with Gasteiger partial charge in [0.1, 0.15) is 11.6 Å². The summed E-state index contributed by atoms with van der Waals surface area (Å²) in [4.78, 5) is 33.3. The zero-order valence-electron chi connectivity index (χ0n) is 24.4. The van der Waals surface area contributed by atoms with Crippen LogP contribution in [0.5, 0.6) is 11.6 Å². The molecule has 230 valence electrons. The molecule has 0 radical (unpaired) electrons. The molecule has 1 aliphatic heterocycles. The second kappa shape index (κ2) is 13.8. The van der Waals surface area contributed by atoms with Gasteiger partial charge in [0.25, 0.3) is 5.91 Å². The number of nitrogens with one attached hydrogen (secondary N) is 2. The van der Waals surface area contributed by atoms with E-state index in [1.165, 1.54) is 12.1 Å². The predicted octanol–water partition coefficient (Wildman–Crippen LogP) is 4.64. The number of hydrogen-bond donors (Lipinski definition) is 3. The molecule has 2 heterocycles. The number of benzene rings is 2. The van der Waals surface area contributed by atoms with Crippen LogP contribution in [0, 0.1) is 11.7 Å². The maximum Gasteiger partial charge on any atom is 0.322 e. The van der Waals surface area contributed by atoms with Crippen LogP contribution in [0.4, 0.5) is 20.6 Å². The number of piperidine rings is 1. The summed E-state index contributed by atoms with van der Waals surface area (Å²) in [5.41, 5.74) is 6.76. The molecule has 13 heteroatoms. The predicted molar refractivity (Wildman–Crippen MR) is 163 cm³/mol. The number of amides is 3. The standard InChI is InChI=1S/C30H37FN6O5S/c1-20(2)18-37(30(39)34-23-7-10-27(31)26(16-23)29(32)38)24-12-14-36(15-13-24)19-21-4-11-28(33-17-21)42-25-8-5-22(6-9-25)35-43(3,40)41/h4-11,16-17,20,24,35H,12-15,18-19H2,1-3H3,(H2,32,38)(H,34,39). The zero-order valence-corrected chi connectivity index (χ0v) is 25.2. The van der Waals surface area contributed by atoms with E-state index in [2.05, 4.69) is 19.9 Å². The van der Waals surface area contributed by atoms with Crippen LogP contribution in [0.3, 0.4) is 0 Å². The van der Waals surface area contributed by atoms with Gasteiger partial charge >= 0.3 is 6.03 Å². The van der Waals surface area contributed by atoms with Crippen molar-refractivity contribution in [3.63, 3.8) is 0 Å². The van der Waals surface area contributed by atoms with Gasteiger partial charge in [-0.05, 0) is 66.8 Å². The van der Waals surface area contributed by atoms with Crippen molar-refractivity contribution in [3.05, 3.63) is 77.7 Å². The molecule has 3 aromatic rings. The highest BCUT2D eigenvalue weighted by molar-refractivity contribution is 7.92. The monoisotopic (exact) mass is 612 g/mol. The van der Waals surface area contributed by atoms with Gasteiger partial charge in [-0.3, -0.25) is 14.4 Å². The third kappa shape index (κ3) is 9.38. The van der Waals surface area contributed by atoms with Gasteiger partial charge in [-0.2, -0.15) is 0 Å². The molecule has 0 atom stereocenters. The number of likely N-dealkylation sites (tertiary alicyclic amines) is 1. The molecule has 1 aliphatic rings. The fraction of sp³-hybridized carbons (Fsp3) is 0.367. The first-order chi connectivity index (χ1) is 20.4. The summed E-state index contributed by atoms with van der Waals surface area (Å²) in [7, 11) is -3.35. The van der Waals surface area contributed by atoms with Crippen molar-refractivity contribution in [1.29, 1.82) is 0 Å². The van der Waals surface area contributed by atoms with Crippen molar-refractivity contribution in [1.82, 2.24) is 14.8 Å². The molecule has 1 aromatic heterocycles. The molecular formula is C30H37FN6O5S. The topological polar surface area (TPSA) is 147 Å². The Labute approximate surface area is 251 Å². The Hall–Kier alpha value is -4.23. The number of pyridine rings is 1. The highest BCUT2D eigenvalue weighted by Gasteiger charge is 2.29. The number of hydrogen-bond acceptors (Lipinski definition) is 7. The number of carbonyl (C=O) groups is 2. The minimum absolute atomic E-state index is 0.0302. The molecule has 0 unspecified atom stereocenters. The number of urea groups is 1. The summed E-state index contributed by atoms with van der Waals surface area (Å²) < 4.78 is 44.8. The lowest BCUT2D eigenvalue weighted by Crippen LogP contribution is -2.49. The van der Waals surface area contributed by atoms with E-state index in [0.717, 1.165) is 43.8 Å². The molecule has 0 saturated carbocycles. The van der Waals surface area contributed by atoms with E-state index in [-0.39, 0.29) is 23.6 Å². The van der Waals surface area contributed by atoms with Gasteiger partial charge < -0.3 is 20.7 Å². The van der Waals surface area contributed by atoms with Crippen molar-refractivity contribution in [2.45, 2.75) is 39.3 Å². The Morgan fingerprint density at radius 2 is 1.77 bits per heavy atom. The van der Waals surface area contributed by atoms with Crippen LogP contribution in [0.1, 0.15) is 42.6 Å². The van der Waals surface area contributed by atoms with Crippen LogP contribution in [-0.4, -0.2) is 67.1 Å². The van der Waals surface area contributed by atoms with E-state index < -0.39 is 21.7 Å². The SMILES string of the molecule is CC(C)CN(C(=O)Nc1ccc(F)c(C(N)=O)c1)C1CCN(Cc2ccc(Oc3ccc(NS(C)(=O)=O)cc3)nc2)CC1. The third-order valence-electron chi connectivity index (χ3n) is 6.89. The van der Waals surface area contributed by atoms with Gasteiger partial charge in [0.2, 0.25) is 15.9 Å². The Bertz CT molecular complexity index is 1530. The second-order valence-corrected chi connectivity index (χ2v) is 12.8. The molecule has 0 bridgehead atoms. The Morgan fingerprint density at radius 3 is 2.35 bits per heavy atom. The molecule has 1 saturated heterocycles. The second-order valence-electron chi connectivity index (χ2n) is 11.0. The lowest BCUT2D eigenvalue weighted by Gasteiger charge is -2.39. The van der Waals surface area contributed by atoms with Gasteiger partial charge in [-0.25, -0.2) is 22.6 Å². The summed E-state index contributed by atoms with van der Waals surface area (Å²) in [5.74, 6) is -0.430. The van der Waals surface area contributed by atoms with Gasteiger partial charge in [0.15, 0.2) is 0 Å². The average molecular weight is 613 g/mol. The van der Waals surface area contributed by atoms with Crippen LogP contribution in [0.15, 0.2) is 60.8 Å². The van der Waals surface area contributed by atoms with Crippen molar-refractivity contribution in [2.24, 2.45) is 11.7 Å². The number of carbonyl (C=O) groups excluding carboxylic acids is 2. The van der Waals surface area contributed by atoms with Gasteiger partial charge in [-0.1, -0.05) is 19.9 Å². The molecule has 2 aromatic carbocycles. The maximum atomic E-state index is 13.9. The number of nitrogens with zero attached hydrogens (tertiary/aromatic N) is 3. The highest BCUT2D eigenvalue weighted by Crippen LogP contribution is 2.24. The molecule has 1 fully saturated rings. The fourth-order valence-corrected chi connectivity index (χ4v) is 5.48.